The Hall–Kier alpha value is -2.44. The average molecular weight is 335 g/mol. The van der Waals surface area contributed by atoms with Gasteiger partial charge in [-0.3, -0.25) is 4.79 Å². The first-order valence-corrected chi connectivity index (χ1v) is 7.86. The van der Waals surface area contributed by atoms with Crippen molar-refractivity contribution in [3.05, 3.63) is 41.3 Å². The van der Waals surface area contributed by atoms with Gasteiger partial charge in [-0.25, -0.2) is 4.39 Å². The zero-order chi connectivity index (χ0) is 17.7. The quantitative estimate of drug-likeness (QED) is 0.841. The number of methoxy groups -OCH3 is 1. The molecule has 1 atom stereocenters. The number of amides is 1. The molecule has 0 saturated heterocycles. The summed E-state index contributed by atoms with van der Waals surface area (Å²) >= 11 is 0. The molecule has 1 heterocycles. The molecule has 2 aromatic rings. The van der Waals surface area contributed by atoms with Crippen molar-refractivity contribution in [2.75, 3.05) is 7.11 Å². The lowest BCUT2D eigenvalue weighted by Crippen LogP contribution is -2.26. The molecule has 0 saturated carbocycles. The Morgan fingerprint density at radius 3 is 2.71 bits per heavy atom. The summed E-state index contributed by atoms with van der Waals surface area (Å²) in [6.45, 7) is 5.73. The van der Waals surface area contributed by atoms with Crippen LogP contribution in [0.5, 0.6) is 5.75 Å². The van der Waals surface area contributed by atoms with Crippen molar-refractivity contribution < 1.29 is 18.4 Å². The van der Waals surface area contributed by atoms with E-state index in [1.807, 2.05) is 13.8 Å². The number of hydrogen-bond donors (Lipinski definition) is 1. The lowest BCUT2D eigenvalue weighted by Gasteiger charge is -2.15. The molecule has 130 valence electrons. The number of carbonyl (C=O) groups excluding carboxylic acids is 1. The van der Waals surface area contributed by atoms with E-state index in [-0.39, 0.29) is 30.0 Å². The minimum Gasteiger partial charge on any atom is -0.494 e. The third kappa shape index (κ3) is 4.53. The highest BCUT2D eigenvalue weighted by atomic mass is 19.1. The number of nitrogens with one attached hydrogen (secondary N) is 1. The van der Waals surface area contributed by atoms with Crippen LogP contribution in [0.25, 0.3) is 0 Å². The first kappa shape index (κ1) is 17.9. The SMILES string of the molecule is COc1ccc([C@H](C)NC(=O)CCc2nc(C(C)C)no2)cc1F. The normalized spacial score (nSPS) is 12.2. The van der Waals surface area contributed by atoms with Gasteiger partial charge in [-0.2, -0.15) is 4.98 Å². The van der Waals surface area contributed by atoms with Crippen LogP contribution >= 0.6 is 0 Å². The molecule has 24 heavy (non-hydrogen) atoms. The highest BCUT2D eigenvalue weighted by molar-refractivity contribution is 5.76. The molecule has 1 N–H and O–H groups in total. The van der Waals surface area contributed by atoms with Gasteiger partial charge in [0.2, 0.25) is 11.8 Å². The van der Waals surface area contributed by atoms with Crippen molar-refractivity contribution in [3.8, 4) is 5.75 Å². The molecular formula is C17H22FN3O3. The van der Waals surface area contributed by atoms with E-state index in [1.165, 1.54) is 13.2 Å². The van der Waals surface area contributed by atoms with Gasteiger partial charge in [0.05, 0.1) is 13.2 Å². The largest absolute Gasteiger partial charge is 0.494 e. The molecule has 1 aromatic carbocycles. The lowest BCUT2D eigenvalue weighted by atomic mass is 10.1. The van der Waals surface area contributed by atoms with Gasteiger partial charge in [0.25, 0.3) is 0 Å². The molecule has 1 amide bonds. The van der Waals surface area contributed by atoms with E-state index in [2.05, 4.69) is 15.5 Å². The van der Waals surface area contributed by atoms with E-state index >= 15 is 0 Å². The molecular weight excluding hydrogens is 313 g/mol. The molecule has 6 nitrogen and oxygen atoms in total. The van der Waals surface area contributed by atoms with Gasteiger partial charge in [-0.05, 0) is 24.6 Å². The minimum atomic E-state index is -0.455. The van der Waals surface area contributed by atoms with Crippen molar-refractivity contribution in [3.63, 3.8) is 0 Å². The van der Waals surface area contributed by atoms with Crippen molar-refractivity contribution >= 4 is 5.91 Å². The third-order valence-corrected chi connectivity index (χ3v) is 3.62. The first-order chi connectivity index (χ1) is 11.4. The van der Waals surface area contributed by atoms with E-state index in [1.54, 1.807) is 19.1 Å². The second kappa shape index (κ2) is 7.90. The number of halogens is 1. The van der Waals surface area contributed by atoms with Gasteiger partial charge in [-0.15, -0.1) is 0 Å². The van der Waals surface area contributed by atoms with E-state index in [0.29, 0.717) is 23.7 Å². The van der Waals surface area contributed by atoms with E-state index in [9.17, 15) is 9.18 Å². The van der Waals surface area contributed by atoms with Gasteiger partial charge in [-0.1, -0.05) is 25.1 Å². The Kier molecular flexibility index (Phi) is 5.89. The van der Waals surface area contributed by atoms with Crippen LogP contribution in [0.4, 0.5) is 4.39 Å². The monoisotopic (exact) mass is 335 g/mol. The average Bonchev–Trinajstić information content (AvgIpc) is 3.02. The molecule has 0 spiro atoms. The number of rotatable bonds is 7. The summed E-state index contributed by atoms with van der Waals surface area (Å²) in [6, 6.07) is 4.31. The fourth-order valence-electron chi connectivity index (χ4n) is 2.17. The number of carbonyl (C=O) groups is 1. The summed E-state index contributed by atoms with van der Waals surface area (Å²) in [7, 11) is 1.41. The van der Waals surface area contributed by atoms with Gasteiger partial charge in [0.15, 0.2) is 17.4 Å². The molecule has 0 unspecified atom stereocenters. The molecule has 0 aliphatic rings. The van der Waals surface area contributed by atoms with Crippen LogP contribution in [-0.2, 0) is 11.2 Å². The molecule has 0 aliphatic heterocycles. The minimum absolute atomic E-state index is 0.164. The molecule has 0 bridgehead atoms. The van der Waals surface area contributed by atoms with Crippen molar-refractivity contribution in [2.24, 2.45) is 0 Å². The summed E-state index contributed by atoms with van der Waals surface area (Å²) in [4.78, 5) is 16.3. The summed E-state index contributed by atoms with van der Waals surface area (Å²) in [6.07, 6.45) is 0.595. The molecule has 0 aliphatic carbocycles. The Balaban J connectivity index is 1.88. The van der Waals surface area contributed by atoms with Gasteiger partial charge in [0.1, 0.15) is 0 Å². The zero-order valence-electron chi connectivity index (χ0n) is 14.3. The topological polar surface area (TPSA) is 77.2 Å². The highest BCUT2D eigenvalue weighted by Gasteiger charge is 2.14. The maximum absolute atomic E-state index is 13.7. The predicted octanol–water partition coefficient (Wildman–Crippen LogP) is 3.15. The number of benzene rings is 1. The van der Waals surface area contributed by atoms with Crippen LogP contribution < -0.4 is 10.1 Å². The summed E-state index contributed by atoms with van der Waals surface area (Å²) < 4.78 is 23.7. The second-order valence-corrected chi connectivity index (χ2v) is 5.88. The van der Waals surface area contributed by atoms with E-state index < -0.39 is 5.82 Å². The van der Waals surface area contributed by atoms with Crippen LogP contribution in [0, 0.1) is 5.82 Å². The van der Waals surface area contributed by atoms with Gasteiger partial charge in [0, 0.05) is 18.8 Å². The Labute approximate surface area is 140 Å². The number of aromatic nitrogens is 2. The number of ether oxygens (including phenoxy) is 1. The summed E-state index contributed by atoms with van der Waals surface area (Å²) in [5.41, 5.74) is 0.668. The molecule has 0 radical (unpaired) electrons. The predicted molar refractivity (Wildman–Crippen MR) is 86.2 cm³/mol. The first-order valence-electron chi connectivity index (χ1n) is 7.86. The Morgan fingerprint density at radius 2 is 2.12 bits per heavy atom. The third-order valence-electron chi connectivity index (χ3n) is 3.62. The number of hydrogen-bond acceptors (Lipinski definition) is 5. The van der Waals surface area contributed by atoms with Crippen molar-refractivity contribution in [1.82, 2.24) is 15.5 Å². The van der Waals surface area contributed by atoms with Crippen LogP contribution in [0.2, 0.25) is 0 Å². The van der Waals surface area contributed by atoms with Gasteiger partial charge >= 0.3 is 0 Å². The fraction of sp³-hybridized carbons (Fsp3) is 0.471. The maximum atomic E-state index is 13.7. The smallest absolute Gasteiger partial charge is 0.227 e. The zero-order valence-corrected chi connectivity index (χ0v) is 14.3. The van der Waals surface area contributed by atoms with Crippen LogP contribution in [-0.4, -0.2) is 23.2 Å². The summed E-state index contributed by atoms with van der Waals surface area (Å²) in [5.74, 6) is 0.812. The highest BCUT2D eigenvalue weighted by Crippen LogP contribution is 2.21. The fourth-order valence-corrected chi connectivity index (χ4v) is 2.17. The van der Waals surface area contributed by atoms with Crippen LogP contribution in [0.1, 0.15) is 56.4 Å². The van der Waals surface area contributed by atoms with Crippen LogP contribution in [0.15, 0.2) is 22.7 Å². The Bertz CT molecular complexity index is 700. The lowest BCUT2D eigenvalue weighted by molar-refractivity contribution is -0.121. The van der Waals surface area contributed by atoms with Gasteiger partial charge < -0.3 is 14.6 Å². The number of aryl methyl sites for hydroxylation is 1. The molecule has 0 fully saturated rings. The number of nitrogens with zero attached hydrogens (tertiary/aromatic N) is 2. The second-order valence-electron chi connectivity index (χ2n) is 5.88. The van der Waals surface area contributed by atoms with Crippen molar-refractivity contribution in [2.45, 2.75) is 45.6 Å². The Morgan fingerprint density at radius 1 is 1.38 bits per heavy atom. The van der Waals surface area contributed by atoms with E-state index in [0.717, 1.165) is 0 Å². The summed E-state index contributed by atoms with van der Waals surface area (Å²) in [5, 5.41) is 6.68. The standard InChI is InChI=1S/C17H22FN3O3/c1-10(2)17-20-16(24-21-17)8-7-15(22)19-11(3)12-5-6-14(23-4)13(18)9-12/h5-6,9-11H,7-8H2,1-4H3,(H,19,22)/t11-/m0/s1. The van der Waals surface area contributed by atoms with Crippen LogP contribution in [0.3, 0.4) is 0 Å². The molecule has 1 aromatic heterocycles. The maximum Gasteiger partial charge on any atom is 0.227 e. The molecule has 2 rings (SSSR count). The molecule has 7 heteroatoms. The van der Waals surface area contributed by atoms with E-state index in [4.69, 9.17) is 9.26 Å². The van der Waals surface area contributed by atoms with Crippen molar-refractivity contribution in [1.29, 1.82) is 0 Å².